The summed E-state index contributed by atoms with van der Waals surface area (Å²) >= 11 is 1.94. The molecule has 1 N–H and O–H groups in total. The van der Waals surface area contributed by atoms with E-state index < -0.39 is 10.0 Å². The number of sulfonamides is 1. The van der Waals surface area contributed by atoms with E-state index in [4.69, 9.17) is 0 Å². The zero-order valence-electron chi connectivity index (χ0n) is 13.6. The first-order chi connectivity index (χ1) is 10.9. The number of amides is 1. The Labute approximate surface area is 142 Å². The highest BCUT2D eigenvalue weighted by molar-refractivity contribution is 7.99. The molecule has 0 atom stereocenters. The normalized spacial score (nSPS) is 15.6. The van der Waals surface area contributed by atoms with Crippen LogP contribution in [0.5, 0.6) is 0 Å². The standard InChI is InChI=1S/C16H24N2O3S2/c1-18(23(2,20)21)14-9-7-13(8-10-14)16(19)17-11-12-22-15-5-3-4-6-15/h7-10,15H,3-6,11-12H2,1-2H3,(H,17,19). The van der Waals surface area contributed by atoms with E-state index in [2.05, 4.69) is 5.32 Å². The summed E-state index contributed by atoms with van der Waals surface area (Å²) in [5.41, 5.74) is 1.09. The van der Waals surface area contributed by atoms with Crippen molar-refractivity contribution in [1.29, 1.82) is 0 Å². The van der Waals surface area contributed by atoms with E-state index in [0.717, 1.165) is 17.3 Å². The summed E-state index contributed by atoms with van der Waals surface area (Å²) in [6.45, 7) is 0.658. The predicted octanol–water partition coefficient (Wildman–Crippen LogP) is 2.49. The van der Waals surface area contributed by atoms with Crippen LogP contribution in [0.25, 0.3) is 0 Å². The maximum absolute atomic E-state index is 12.1. The number of hydrogen-bond donors (Lipinski definition) is 1. The van der Waals surface area contributed by atoms with E-state index in [1.165, 1.54) is 37.0 Å². The number of carbonyl (C=O) groups is 1. The molecule has 0 unspecified atom stereocenters. The largest absolute Gasteiger partial charge is 0.351 e. The average molecular weight is 357 g/mol. The topological polar surface area (TPSA) is 66.5 Å². The lowest BCUT2D eigenvalue weighted by atomic mass is 10.2. The van der Waals surface area contributed by atoms with Gasteiger partial charge in [0.25, 0.3) is 5.91 Å². The van der Waals surface area contributed by atoms with Gasteiger partial charge in [0, 0.05) is 30.2 Å². The fourth-order valence-electron chi connectivity index (χ4n) is 2.56. The summed E-state index contributed by atoms with van der Waals surface area (Å²) < 4.78 is 24.1. The van der Waals surface area contributed by atoms with E-state index in [-0.39, 0.29) is 5.91 Å². The number of rotatable bonds is 7. The molecule has 0 aromatic heterocycles. The third-order valence-corrected chi connectivity index (χ3v) is 6.62. The lowest BCUT2D eigenvalue weighted by Gasteiger charge is -2.16. The second-order valence-electron chi connectivity index (χ2n) is 5.81. The van der Waals surface area contributed by atoms with Crippen molar-refractivity contribution in [2.75, 3.05) is 29.9 Å². The molecule has 1 fully saturated rings. The maximum atomic E-state index is 12.1. The molecule has 0 radical (unpaired) electrons. The average Bonchev–Trinajstić information content (AvgIpc) is 3.03. The molecule has 128 valence electrons. The first-order valence-corrected chi connectivity index (χ1v) is 10.7. The summed E-state index contributed by atoms with van der Waals surface area (Å²) in [6, 6.07) is 6.58. The molecule has 1 saturated carbocycles. The number of nitrogens with zero attached hydrogens (tertiary/aromatic N) is 1. The Morgan fingerprint density at radius 1 is 1.26 bits per heavy atom. The van der Waals surface area contributed by atoms with Gasteiger partial charge < -0.3 is 5.32 Å². The molecule has 2 rings (SSSR count). The van der Waals surface area contributed by atoms with Crippen LogP contribution in [0.2, 0.25) is 0 Å². The summed E-state index contributed by atoms with van der Waals surface area (Å²) in [7, 11) is -1.79. The van der Waals surface area contributed by atoms with Crippen LogP contribution in [0.3, 0.4) is 0 Å². The molecular formula is C16H24N2O3S2. The molecule has 1 amide bonds. The lowest BCUT2D eigenvalue weighted by Crippen LogP contribution is -2.27. The highest BCUT2D eigenvalue weighted by atomic mass is 32.2. The first-order valence-electron chi connectivity index (χ1n) is 7.81. The molecule has 0 spiro atoms. The highest BCUT2D eigenvalue weighted by Gasteiger charge is 2.15. The molecule has 0 bridgehead atoms. The molecule has 7 heteroatoms. The van der Waals surface area contributed by atoms with Crippen LogP contribution in [0.15, 0.2) is 24.3 Å². The van der Waals surface area contributed by atoms with Crippen molar-refractivity contribution in [3.05, 3.63) is 29.8 Å². The van der Waals surface area contributed by atoms with E-state index in [1.54, 1.807) is 24.3 Å². The number of carbonyl (C=O) groups excluding carboxylic acids is 1. The summed E-state index contributed by atoms with van der Waals surface area (Å²) in [5.74, 6) is 0.816. The van der Waals surface area contributed by atoms with Gasteiger partial charge in [-0.2, -0.15) is 11.8 Å². The third-order valence-electron chi connectivity index (χ3n) is 4.03. The Kier molecular flexibility index (Phi) is 6.35. The van der Waals surface area contributed by atoms with Gasteiger partial charge in [0.2, 0.25) is 10.0 Å². The van der Waals surface area contributed by atoms with Gasteiger partial charge in [-0.05, 0) is 37.1 Å². The SMILES string of the molecule is CN(c1ccc(C(=O)NCCSC2CCCC2)cc1)S(C)(=O)=O. The van der Waals surface area contributed by atoms with E-state index in [0.29, 0.717) is 17.8 Å². The van der Waals surface area contributed by atoms with Gasteiger partial charge in [-0.3, -0.25) is 9.10 Å². The molecule has 0 saturated heterocycles. The van der Waals surface area contributed by atoms with E-state index >= 15 is 0 Å². The molecule has 0 aliphatic heterocycles. The van der Waals surface area contributed by atoms with Crippen LogP contribution in [0.1, 0.15) is 36.0 Å². The molecule has 1 aromatic rings. The minimum absolute atomic E-state index is 0.120. The predicted molar refractivity (Wildman–Crippen MR) is 96.7 cm³/mol. The number of thioether (sulfide) groups is 1. The van der Waals surface area contributed by atoms with Crippen LogP contribution in [0.4, 0.5) is 5.69 Å². The van der Waals surface area contributed by atoms with Crippen molar-refractivity contribution < 1.29 is 13.2 Å². The maximum Gasteiger partial charge on any atom is 0.251 e. The minimum Gasteiger partial charge on any atom is -0.351 e. The second kappa shape index (κ2) is 8.06. The van der Waals surface area contributed by atoms with Gasteiger partial charge >= 0.3 is 0 Å². The van der Waals surface area contributed by atoms with Crippen molar-refractivity contribution >= 4 is 33.4 Å². The monoisotopic (exact) mass is 356 g/mol. The van der Waals surface area contributed by atoms with Gasteiger partial charge in [0.15, 0.2) is 0 Å². The molecule has 23 heavy (non-hydrogen) atoms. The van der Waals surface area contributed by atoms with Crippen LogP contribution < -0.4 is 9.62 Å². The number of benzene rings is 1. The van der Waals surface area contributed by atoms with Gasteiger partial charge in [-0.15, -0.1) is 0 Å². The fraction of sp³-hybridized carbons (Fsp3) is 0.562. The summed E-state index contributed by atoms with van der Waals surface area (Å²) in [6.07, 6.45) is 6.41. The van der Waals surface area contributed by atoms with Crippen molar-refractivity contribution in [3.8, 4) is 0 Å². The number of nitrogens with one attached hydrogen (secondary N) is 1. The summed E-state index contributed by atoms with van der Waals surface area (Å²) in [4.78, 5) is 12.1. The van der Waals surface area contributed by atoms with Crippen LogP contribution in [0, 0.1) is 0 Å². The summed E-state index contributed by atoms with van der Waals surface area (Å²) in [5, 5.41) is 3.67. The van der Waals surface area contributed by atoms with E-state index in [1.807, 2.05) is 11.8 Å². The Morgan fingerprint density at radius 3 is 2.43 bits per heavy atom. The molecule has 0 heterocycles. The first kappa shape index (κ1) is 18.1. The molecule has 1 aliphatic rings. The van der Waals surface area contributed by atoms with Crippen LogP contribution in [-0.2, 0) is 10.0 Å². The second-order valence-corrected chi connectivity index (χ2v) is 9.23. The lowest BCUT2D eigenvalue weighted by molar-refractivity contribution is 0.0956. The zero-order valence-corrected chi connectivity index (χ0v) is 15.3. The van der Waals surface area contributed by atoms with Crippen LogP contribution in [-0.4, -0.2) is 45.2 Å². The van der Waals surface area contributed by atoms with Gasteiger partial charge in [-0.25, -0.2) is 8.42 Å². The Bertz CT molecular complexity index is 623. The molecular weight excluding hydrogens is 332 g/mol. The van der Waals surface area contributed by atoms with Crippen molar-refractivity contribution in [3.63, 3.8) is 0 Å². The smallest absolute Gasteiger partial charge is 0.251 e. The van der Waals surface area contributed by atoms with E-state index in [9.17, 15) is 13.2 Å². The molecule has 1 aromatic carbocycles. The Morgan fingerprint density at radius 2 is 1.87 bits per heavy atom. The number of hydrogen-bond acceptors (Lipinski definition) is 4. The quantitative estimate of drug-likeness (QED) is 0.762. The molecule has 1 aliphatic carbocycles. The van der Waals surface area contributed by atoms with Crippen molar-refractivity contribution in [2.24, 2.45) is 0 Å². The van der Waals surface area contributed by atoms with Gasteiger partial charge in [0.1, 0.15) is 0 Å². The highest BCUT2D eigenvalue weighted by Crippen LogP contribution is 2.28. The van der Waals surface area contributed by atoms with Gasteiger partial charge in [0.05, 0.1) is 11.9 Å². The third kappa shape index (κ3) is 5.42. The number of anilines is 1. The van der Waals surface area contributed by atoms with Gasteiger partial charge in [-0.1, -0.05) is 12.8 Å². The fourth-order valence-corrected chi connectivity index (χ4v) is 4.29. The van der Waals surface area contributed by atoms with Crippen molar-refractivity contribution in [1.82, 2.24) is 5.32 Å². The molecule has 5 nitrogen and oxygen atoms in total. The van der Waals surface area contributed by atoms with Crippen molar-refractivity contribution in [2.45, 2.75) is 30.9 Å². The van der Waals surface area contributed by atoms with Crippen LogP contribution >= 0.6 is 11.8 Å². The minimum atomic E-state index is -3.28. The zero-order chi connectivity index (χ0) is 16.9. The Balaban J connectivity index is 1.80. The Hall–Kier alpha value is -1.21.